The monoisotopic (exact) mass is 356 g/mol. The van der Waals surface area contributed by atoms with Crippen LogP contribution in [0.1, 0.15) is 35.3 Å². The molecule has 2 aromatic carbocycles. The Balaban J connectivity index is 1.79. The van der Waals surface area contributed by atoms with E-state index in [9.17, 15) is 4.79 Å². The summed E-state index contributed by atoms with van der Waals surface area (Å²) in [6, 6.07) is 14.2. The van der Waals surface area contributed by atoms with Gasteiger partial charge in [0.15, 0.2) is 0 Å². The predicted octanol–water partition coefficient (Wildman–Crippen LogP) is 5.62. The van der Waals surface area contributed by atoms with Crippen molar-refractivity contribution in [3.8, 4) is 0 Å². The van der Waals surface area contributed by atoms with Crippen molar-refractivity contribution >= 4 is 41.1 Å². The SMILES string of the molecule is CCOC(=O)c1ccc(/C=C(\C)c2ccc3c(c2)SCCS3)cc1. The molecule has 24 heavy (non-hydrogen) atoms. The van der Waals surface area contributed by atoms with Crippen LogP contribution in [0.25, 0.3) is 11.6 Å². The summed E-state index contributed by atoms with van der Waals surface area (Å²) in [5.41, 5.74) is 4.14. The number of benzene rings is 2. The maximum absolute atomic E-state index is 11.7. The van der Waals surface area contributed by atoms with Crippen molar-refractivity contribution in [2.24, 2.45) is 0 Å². The second-order valence-corrected chi connectivity index (χ2v) is 7.80. The first kappa shape index (κ1) is 17.2. The number of carbonyl (C=O) groups is 1. The quantitative estimate of drug-likeness (QED) is 0.524. The molecule has 0 N–H and O–H groups in total. The number of fused-ring (bicyclic) bond motifs is 1. The molecule has 0 spiro atoms. The Hall–Kier alpha value is -1.65. The van der Waals surface area contributed by atoms with Gasteiger partial charge < -0.3 is 4.74 Å². The first-order valence-corrected chi connectivity index (χ1v) is 10.00. The van der Waals surface area contributed by atoms with Crippen molar-refractivity contribution in [1.29, 1.82) is 0 Å². The number of carbonyl (C=O) groups excluding carboxylic acids is 1. The average Bonchev–Trinajstić information content (AvgIpc) is 2.62. The van der Waals surface area contributed by atoms with Gasteiger partial charge in [-0.1, -0.05) is 24.3 Å². The van der Waals surface area contributed by atoms with Gasteiger partial charge in [-0.25, -0.2) is 4.79 Å². The Labute approximate surface area is 151 Å². The van der Waals surface area contributed by atoms with Crippen LogP contribution in [-0.2, 0) is 4.74 Å². The van der Waals surface area contributed by atoms with Crippen LogP contribution in [0.3, 0.4) is 0 Å². The van der Waals surface area contributed by atoms with Gasteiger partial charge in [-0.3, -0.25) is 0 Å². The van der Waals surface area contributed by atoms with Crippen LogP contribution in [0.15, 0.2) is 52.3 Å². The molecule has 124 valence electrons. The Morgan fingerprint density at radius 2 is 1.71 bits per heavy atom. The van der Waals surface area contributed by atoms with E-state index in [-0.39, 0.29) is 5.97 Å². The maximum atomic E-state index is 11.7. The van der Waals surface area contributed by atoms with Gasteiger partial charge in [0, 0.05) is 21.3 Å². The third-order valence-corrected chi connectivity index (χ3v) is 6.32. The molecule has 0 bridgehead atoms. The lowest BCUT2D eigenvalue weighted by Crippen LogP contribution is -2.03. The van der Waals surface area contributed by atoms with Gasteiger partial charge in [-0.15, -0.1) is 23.5 Å². The highest BCUT2D eigenvalue weighted by molar-refractivity contribution is 8.05. The molecule has 0 saturated heterocycles. The lowest BCUT2D eigenvalue weighted by Gasteiger charge is -2.15. The number of esters is 1. The van der Waals surface area contributed by atoms with Crippen molar-refractivity contribution in [2.45, 2.75) is 23.6 Å². The molecule has 1 heterocycles. The largest absolute Gasteiger partial charge is 0.462 e. The molecule has 0 aliphatic carbocycles. The van der Waals surface area contributed by atoms with Crippen molar-refractivity contribution in [1.82, 2.24) is 0 Å². The summed E-state index contributed by atoms with van der Waals surface area (Å²) in [4.78, 5) is 14.5. The first-order chi connectivity index (χ1) is 11.7. The molecule has 1 aliphatic heterocycles. The summed E-state index contributed by atoms with van der Waals surface area (Å²) in [6.07, 6.45) is 2.15. The second kappa shape index (κ2) is 7.95. The summed E-state index contributed by atoms with van der Waals surface area (Å²) >= 11 is 3.87. The van der Waals surface area contributed by atoms with Gasteiger partial charge >= 0.3 is 5.97 Å². The molecule has 4 heteroatoms. The predicted molar refractivity (Wildman–Crippen MR) is 104 cm³/mol. The van der Waals surface area contributed by atoms with E-state index in [0.29, 0.717) is 12.2 Å². The number of hydrogen-bond donors (Lipinski definition) is 0. The standard InChI is InChI=1S/C20H20O2S2/c1-3-22-20(21)16-6-4-15(5-7-16)12-14(2)17-8-9-18-19(13-17)24-11-10-23-18/h4-9,12-13H,3,10-11H2,1-2H3/b14-12+. The van der Waals surface area contributed by atoms with Gasteiger partial charge in [0.1, 0.15) is 0 Å². The number of allylic oxidation sites excluding steroid dienone is 1. The molecule has 2 nitrogen and oxygen atoms in total. The van der Waals surface area contributed by atoms with Crippen LogP contribution < -0.4 is 0 Å². The summed E-state index contributed by atoms with van der Waals surface area (Å²) in [5, 5.41) is 0. The minimum Gasteiger partial charge on any atom is -0.462 e. The zero-order chi connectivity index (χ0) is 16.9. The van der Waals surface area contributed by atoms with Crippen molar-refractivity contribution in [3.05, 3.63) is 59.2 Å². The van der Waals surface area contributed by atoms with Gasteiger partial charge in [0.2, 0.25) is 0 Å². The van der Waals surface area contributed by atoms with E-state index in [4.69, 9.17) is 4.74 Å². The highest BCUT2D eigenvalue weighted by atomic mass is 32.2. The van der Waals surface area contributed by atoms with Crippen LogP contribution in [0.4, 0.5) is 0 Å². The Morgan fingerprint density at radius 3 is 2.42 bits per heavy atom. The average molecular weight is 357 g/mol. The normalized spacial score (nSPS) is 14.2. The Bertz CT molecular complexity index is 764. The fourth-order valence-corrected chi connectivity index (χ4v) is 4.80. The zero-order valence-corrected chi connectivity index (χ0v) is 15.5. The van der Waals surface area contributed by atoms with E-state index in [1.54, 1.807) is 0 Å². The van der Waals surface area contributed by atoms with E-state index in [2.05, 4.69) is 31.2 Å². The topological polar surface area (TPSA) is 26.3 Å². The number of hydrogen-bond acceptors (Lipinski definition) is 4. The summed E-state index contributed by atoms with van der Waals surface area (Å²) < 4.78 is 5.01. The van der Waals surface area contributed by atoms with Gasteiger partial charge in [0.25, 0.3) is 0 Å². The molecule has 0 saturated carbocycles. The molecule has 2 aromatic rings. The van der Waals surface area contributed by atoms with Crippen LogP contribution in [0, 0.1) is 0 Å². The summed E-state index contributed by atoms with van der Waals surface area (Å²) in [5.74, 6) is 2.10. The van der Waals surface area contributed by atoms with Crippen molar-refractivity contribution in [3.63, 3.8) is 0 Å². The van der Waals surface area contributed by atoms with E-state index < -0.39 is 0 Å². The third kappa shape index (κ3) is 4.05. The molecule has 0 amide bonds. The molecular weight excluding hydrogens is 336 g/mol. The lowest BCUT2D eigenvalue weighted by atomic mass is 10.0. The maximum Gasteiger partial charge on any atom is 0.338 e. The molecule has 0 unspecified atom stereocenters. The van der Waals surface area contributed by atoms with Crippen LogP contribution in [0.5, 0.6) is 0 Å². The third-order valence-electron chi connectivity index (χ3n) is 3.80. The zero-order valence-electron chi connectivity index (χ0n) is 13.9. The van der Waals surface area contributed by atoms with E-state index >= 15 is 0 Å². The minimum atomic E-state index is -0.269. The molecule has 3 rings (SSSR count). The van der Waals surface area contributed by atoms with E-state index in [0.717, 1.165) is 5.56 Å². The molecule has 0 radical (unpaired) electrons. The minimum absolute atomic E-state index is 0.269. The summed E-state index contributed by atoms with van der Waals surface area (Å²) in [6.45, 7) is 4.34. The van der Waals surface area contributed by atoms with Crippen LogP contribution >= 0.6 is 23.5 Å². The van der Waals surface area contributed by atoms with Gasteiger partial charge in [-0.2, -0.15) is 0 Å². The van der Waals surface area contributed by atoms with Crippen molar-refractivity contribution < 1.29 is 9.53 Å². The highest BCUT2D eigenvalue weighted by Crippen LogP contribution is 2.38. The van der Waals surface area contributed by atoms with E-state index in [1.165, 1.54) is 32.4 Å². The molecule has 0 fully saturated rings. The van der Waals surface area contributed by atoms with Gasteiger partial charge in [0.05, 0.1) is 12.2 Å². The second-order valence-electron chi connectivity index (χ2n) is 5.53. The first-order valence-electron chi connectivity index (χ1n) is 8.03. The fraction of sp³-hybridized carbons (Fsp3) is 0.250. The fourth-order valence-electron chi connectivity index (χ4n) is 2.55. The Kier molecular flexibility index (Phi) is 5.69. The van der Waals surface area contributed by atoms with Crippen LogP contribution in [0.2, 0.25) is 0 Å². The van der Waals surface area contributed by atoms with Crippen LogP contribution in [-0.4, -0.2) is 24.1 Å². The van der Waals surface area contributed by atoms with E-state index in [1.807, 2.05) is 54.7 Å². The molecule has 1 aliphatic rings. The smallest absolute Gasteiger partial charge is 0.338 e. The van der Waals surface area contributed by atoms with Crippen molar-refractivity contribution in [2.75, 3.05) is 18.1 Å². The molecular formula is C20H20O2S2. The number of ether oxygens (including phenoxy) is 1. The van der Waals surface area contributed by atoms with Gasteiger partial charge in [-0.05, 0) is 54.8 Å². The molecule has 0 aromatic heterocycles. The molecule has 0 atom stereocenters. The summed E-state index contributed by atoms with van der Waals surface area (Å²) in [7, 11) is 0. The highest BCUT2D eigenvalue weighted by Gasteiger charge is 2.11. The Morgan fingerprint density at radius 1 is 1.04 bits per heavy atom. The number of thioether (sulfide) groups is 2. The number of rotatable bonds is 4. The lowest BCUT2D eigenvalue weighted by molar-refractivity contribution is 0.0526.